The summed E-state index contributed by atoms with van der Waals surface area (Å²) >= 11 is 0. The number of nitrogens with zero attached hydrogens (tertiary/aromatic N) is 5. The van der Waals surface area contributed by atoms with Crippen molar-refractivity contribution >= 4 is 34.5 Å². The first kappa shape index (κ1) is 27.4. The van der Waals surface area contributed by atoms with Crippen molar-refractivity contribution in [2.24, 2.45) is 10.8 Å². The van der Waals surface area contributed by atoms with E-state index in [0.29, 0.717) is 46.2 Å². The predicted molar refractivity (Wildman–Crippen MR) is 150 cm³/mol. The van der Waals surface area contributed by atoms with E-state index in [1.54, 1.807) is 37.7 Å². The molecule has 2 aromatic carbocycles. The van der Waals surface area contributed by atoms with Gasteiger partial charge in [-0.15, -0.1) is 4.59 Å². The second-order valence-corrected chi connectivity index (χ2v) is 9.84. The molecule has 4 N–H and O–H groups in total. The minimum absolute atomic E-state index is 0.178. The molecule has 0 bridgehead atoms. The highest BCUT2D eigenvalue weighted by Gasteiger charge is 2.36. The number of methoxy groups -OCH3 is 1. The Morgan fingerprint density at radius 2 is 2.15 bits per heavy atom. The molecule has 40 heavy (non-hydrogen) atoms. The van der Waals surface area contributed by atoms with Crippen LogP contribution in [-0.2, 0) is 4.79 Å². The number of hydrogen-bond donors (Lipinski definition) is 3. The number of carbonyl (C=O) groups excluding carboxylic acids is 1. The molecule has 1 fully saturated rings. The van der Waals surface area contributed by atoms with Gasteiger partial charge < -0.3 is 25.6 Å². The van der Waals surface area contributed by atoms with Gasteiger partial charge >= 0.3 is 0 Å². The van der Waals surface area contributed by atoms with E-state index < -0.39 is 11.7 Å². The highest BCUT2D eigenvalue weighted by atomic mass is 19.1. The Labute approximate surface area is 231 Å². The van der Waals surface area contributed by atoms with Crippen molar-refractivity contribution in [3.63, 3.8) is 0 Å². The number of allylic oxidation sites excluding steroid dienone is 1. The monoisotopic (exact) mass is 550 g/mol. The first-order valence-corrected chi connectivity index (χ1v) is 13.2. The van der Waals surface area contributed by atoms with Gasteiger partial charge in [-0.2, -0.15) is 0 Å². The summed E-state index contributed by atoms with van der Waals surface area (Å²) in [7, 11) is 1.57. The van der Waals surface area contributed by atoms with Crippen LogP contribution >= 0.6 is 0 Å². The summed E-state index contributed by atoms with van der Waals surface area (Å²) in [5.74, 6) is 0.575. The number of benzene rings is 2. The number of carbonyl (C=O) groups is 1. The van der Waals surface area contributed by atoms with E-state index in [-0.39, 0.29) is 23.8 Å². The molecule has 0 spiro atoms. The van der Waals surface area contributed by atoms with Crippen LogP contribution in [0, 0.1) is 5.82 Å². The van der Waals surface area contributed by atoms with E-state index in [1.165, 1.54) is 18.5 Å². The fraction of sp³-hybridized carbons (Fsp3) is 0.357. The Hall–Kier alpha value is -4.13. The molecule has 0 saturated carbocycles. The molecule has 3 heterocycles. The van der Waals surface area contributed by atoms with E-state index in [4.69, 9.17) is 15.2 Å². The third-order valence-corrected chi connectivity index (χ3v) is 7.15. The standard InChI is InChI=1S/C28H32FN7O4/c1-39-25-12-23-24(13-26(25)40-10-4-9-35-8-3-6-21(35)17-37)31-18-32-28(23)34-20-14-33-36(15-20,16-27(30)38)22-7-2-5-19(29)11-22/h2,5,7,11-15,18,21,37H,3-4,6,8-10,16-17H2,1H3,(H2-,30,31,32,34,38)/p+1/t21-,36?/m1/s1. The number of halogens is 1. The maximum atomic E-state index is 14.0. The summed E-state index contributed by atoms with van der Waals surface area (Å²) in [5.41, 5.74) is 7.16. The van der Waals surface area contributed by atoms with Crippen LogP contribution in [0.5, 0.6) is 11.5 Å². The van der Waals surface area contributed by atoms with Crippen LogP contribution in [0.25, 0.3) is 10.9 Å². The lowest BCUT2D eigenvalue weighted by molar-refractivity contribution is -0.118. The summed E-state index contributed by atoms with van der Waals surface area (Å²) in [6.45, 7) is 2.37. The number of aromatic nitrogens is 2. The fourth-order valence-corrected chi connectivity index (χ4v) is 5.22. The lowest BCUT2D eigenvalue weighted by atomic mass is 10.2. The number of ether oxygens (including phenoxy) is 2. The number of amides is 1. The Morgan fingerprint density at radius 3 is 2.92 bits per heavy atom. The maximum Gasteiger partial charge on any atom is 0.276 e. The average Bonchev–Trinajstić information content (AvgIpc) is 3.57. The molecule has 5 rings (SSSR count). The molecular weight excluding hydrogens is 517 g/mol. The summed E-state index contributed by atoms with van der Waals surface area (Å²) in [6, 6.07) is 9.75. The van der Waals surface area contributed by atoms with Crippen molar-refractivity contribution in [1.82, 2.24) is 19.5 Å². The molecule has 3 aromatic rings. The van der Waals surface area contributed by atoms with Crippen LogP contribution < -0.4 is 25.1 Å². The van der Waals surface area contributed by atoms with Gasteiger partial charge in [-0.3, -0.25) is 9.69 Å². The van der Waals surface area contributed by atoms with E-state index >= 15 is 0 Å². The third-order valence-electron chi connectivity index (χ3n) is 7.15. The summed E-state index contributed by atoms with van der Waals surface area (Å²) in [5, 5.41) is 17.9. The first-order valence-electron chi connectivity index (χ1n) is 13.2. The molecule has 0 aliphatic carbocycles. The zero-order valence-corrected chi connectivity index (χ0v) is 22.3. The largest absolute Gasteiger partial charge is 0.493 e. The van der Waals surface area contributed by atoms with Crippen LogP contribution in [0.2, 0.25) is 0 Å². The number of likely N-dealkylation sites (tertiary alicyclic amines) is 1. The summed E-state index contributed by atoms with van der Waals surface area (Å²) in [6.07, 6.45) is 7.64. The zero-order chi connectivity index (χ0) is 28.1. The van der Waals surface area contributed by atoms with Crippen LogP contribution in [-0.4, -0.2) is 78.1 Å². The highest BCUT2D eigenvalue weighted by molar-refractivity contribution is 5.96. The Balaban J connectivity index is 1.34. The van der Waals surface area contributed by atoms with Crippen molar-refractivity contribution in [3.05, 3.63) is 60.4 Å². The van der Waals surface area contributed by atoms with Crippen LogP contribution in [0.4, 0.5) is 15.9 Å². The number of hydrogen-bond acceptors (Lipinski definition) is 9. The molecule has 11 nitrogen and oxygen atoms in total. The number of aliphatic hydroxyl groups is 1. The number of nitrogens with one attached hydrogen (secondary N) is 1. The van der Waals surface area contributed by atoms with E-state index in [0.717, 1.165) is 32.4 Å². The Morgan fingerprint density at radius 1 is 1.27 bits per heavy atom. The number of anilines is 1. The number of quaternary nitrogens is 1. The first-order chi connectivity index (χ1) is 19.4. The molecular formula is C28H33FN7O4+. The fourth-order valence-electron chi connectivity index (χ4n) is 5.22. The van der Waals surface area contributed by atoms with Crippen LogP contribution in [0.1, 0.15) is 19.3 Å². The second kappa shape index (κ2) is 11.9. The Kier molecular flexibility index (Phi) is 8.19. The molecule has 1 aromatic heterocycles. The average molecular weight is 551 g/mol. The van der Waals surface area contributed by atoms with Gasteiger partial charge in [0.1, 0.15) is 29.9 Å². The Bertz CT molecular complexity index is 1450. The molecule has 1 unspecified atom stereocenters. The maximum absolute atomic E-state index is 14.0. The van der Waals surface area contributed by atoms with Crippen molar-refractivity contribution in [2.45, 2.75) is 25.3 Å². The normalized spacial score (nSPS) is 20.6. The van der Waals surface area contributed by atoms with Gasteiger partial charge in [-0.1, -0.05) is 11.2 Å². The van der Waals surface area contributed by atoms with E-state index in [1.807, 2.05) is 6.07 Å². The van der Waals surface area contributed by atoms with Crippen molar-refractivity contribution in [2.75, 3.05) is 45.3 Å². The zero-order valence-electron chi connectivity index (χ0n) is 22.3. The summed E-state index contributed by atoms with van der Waals surface area (Å²) in [4.78, 5) is 23.0. The third kappa shape index (κ3) is 5.88. The molecule has 210 valence electrons. The second-order valence-electron chi connectivity index (χ2n) is 9.84. The number of fused-ring (bicyclic) bond motifs is 1. The van der Waals surface area contributed by atoms with Crippen LogP contribution in [0.15, 0.2) is 59.7 Å². The van der Waals surface area contributed by atoms with Gasteiger partial charge in [0, 0.05) is 36.2 Å². The molecule has 12 heteroatoms. The van der Waals surface area contributed by atoms with Gasteiger partial charge in [0.05, 0.1) is 25.8 Å². The number of nitrogens with two attached hydrogens (primary N) is 1. The quantitative estimate of drug-likeness (QED) is 0.231. The SMILES string of the molecule is COc1cc2c(NC3=C[N+](CC(N)=O)(c4cccc(F)c4)N=C3)ncnc2cc1OCCCN1CCC[C@@H]1CO. The predicted octanol–water partition coefficient (Wildman–Crippen LogP) is 2.75. The number of primary amides is 1. The smallest absolute Gasteiger partial charge is 0.276 e. The molecule has 2 aliphatic rings. The van der Waals surface area contributed by atoms with Gasteiger partial charge in [0.15, 0.2) is 29.9 Å². The van der Waals surface area contributed by atoms with Crippen LogP contribution in [0.3, 0.4) is 0 Å². The van der Waals surface area contributed by atoms with Gasteiger partial charge in [0.25, 0.3) is 5.91 Å². The molecule has 1 amide bonds. The molecule has 1 saturated heterocycles. The molecule has 2 aliphatic heterocycles. The van der Waals surface area contributed by atoms with Crippen molar-refractivity contribution in [3.8, 4) is 11.5 Å². The summed E-state index contributed by atoms with van der Waals surface area (Å²) < 4.78 is 25.3. The van der Waals surface area contributed by atoms with Crippen molar-refractivity contribution < 1.29 is 23.8 Å². The number of aliphatic hydroxyl groups excluding tert-OH is 1. The molecule has 0 radical (unpaired) electrons. The molecule has 2 atom stereocenters. The minimum atomic E-state index is -0.586. The van der Waals surface area contributed by atoms with E-state index in [2.05, 4.69) is 25.3 Å². The van der Waals surface area contributed by atoms with Gasteiger partial charge in [-0.05, 0) is 37.9 Å². The lowest BCUT2D eigenvalue weighted by Crippen LogP contribution is -2.44. The van der Waals surface area contributed by atoms with Gasteiger partial charge in [0.2, 0.25) is 0 Å². The number of rotatable bonds is 12. The minimum Gasteiger partial charge on any atom is -0.493 e. The van der Waals surface area contributed by atoms with Gasteiger partial charge in [-0.25, -0.2) is 14.4 Å². The topological polar surface area (TPSA) is 135 Å². The lowest BCUT2D eigenvalue weighted by Gasteiger charge is -2.23. The van der Waals surface area contributed by atoms with Crippen molar-refractivity contribution in [1.29, 1.82) is 0 Å². The highest BCUT2D eigenvalue weighted by Crippen LogP contribution is 2.35. The van der Waals surface area contributed by atoms with E-state index in [9.17, 15) is 14.3 Å².